The quantitative estimate of drug-likeness (QED) is 0.801. The van der Waals surface area contributed by atoms with Crippen LogP contribution in [0.15, 0.2) is 27.8 Å². The number of aromatic nitrogens is 2. The molecule has 24 heavy (non-hydrogen) atoms. The highest BCUT2D eigenvalue weighted by atomic mass is 32.2. The van der Waals surface area contributed by atoms with E-state index in [0.29, 0.717) is 28.2 Å². The Bertz CT molecular complexity index is 687. The van der Waals surface area contributed by atoms with Crippen molar-refractivity contribution in [2.45, 2.75) is 31.5 Å². The van der Waals surface area contributed by atoms with Crippen molar-refractivity contribution in [2.75, 3.05) is 20.0 Å². The second-order valence-corrected chi connectivity index (χ2v) is 6.99. The molecule has 0 unspecified atom stereocenters. The highest BCUT2D eigenvalue weighted by molar-refractivity contribution is 7.99. The Hall–Kier alpha value is -2.22. The lowest BCUT2D eigenvalue weighted by Gasteiger charge is -2.19. The molecule has 0 saturated carbocycles. The second kappa shape index (κ2) is 7.57. The van der Waals surface area contributed by atoms with Crippen molar-refractivity contribution in [3.8, 4) is 23.0 Å². The van der Waals surface area contributed by atoms with Gasteiger partial charge in [-0.15, -0.1) is 10.2 Å². The van der Waals surface area contributed by atoms with Crippen LogP contribution >= 0.6 is 11.8 Å². The summed E-state index contributed by atoms with van der Waals surface area (Å²) in [6.07, 6.45) is 0. The number of hydrogen-bond acceptors (Lipinski definition) is 7. The highest BCUT2D eigenvalue weighted by Crippen LogP contribution is 2.30. The molecule has 130 valence electrons. The van der Waals surface area contributed by atoms with E-state index in [1.165, 1.54) is 11.8 Å². The average molecular weight is 351 g/mol. The highest BCUT2D eigenvalue weighted by Gasteiger charge is 2.16. The summed E-state index contributed by atoms with van der Waals surface area (Å²) in [4.78, 5) is 11.8. The number of thioether (sulfide) groups is 1. The molecule has 0 spiro atoms. The standard InChI is InChI=1S/C16H21N3O4S/c1-16(2,3)17-13(20)9-24-15-19-18-14(23-15)10-6-11(21-4)8-12(7-10)22-5/h6-8H,9H2,1-5H3,(H,17,20). The number of methoxy groups -OCH3 is 2. The van der Waals surface area contributed by atoms with Crippen LogP contribution in [-0.2, 0) is 4.79 Å². The molecular formula is C16H21N3O4S. The summed E-state index contributed by atoms with van der Waals surface area (Å²) in [7, 11) is 3.14. The maximum atomic E-state index is 11.8. The van der Waals surface area contributed by atoms with E-state index in [-0.39, 0.29) is 17.2 Å². The molecule has 0 aliphatic carbocycles. The number of nitrogens with zero attached hydrogens (tertiary/aromatic N) is 2. The first-order valence-corrected chi connectivity index (χ1v) is 8.30. The fourth-order valence-electron chi connectivity index (χ4n) is 1.90. The summed E-state index contributed by atoms with van der Waals surface area (Å²) in [6.45, 7) is 5.78. The van der Waals surface area contributed by atoms with Crippen molar-refractivity contribution in [3.05, 3.63) is 18.2 Å². The Kier molecular flexibility index (Phi) is 5.71. The Labute approximate surface area is 145 Å². The van der Waals surface area contributed by atoms with Crippen LogP contribution in [0.1, 0.15) is 20.8 Å². The van der Waals surface area contributed by atoms with E-state index < -0.39 is 0 Å². The van der Waals surface area contributed by atoms with Crippen LogP contribution in [0.2, 0.25) is 0 Å². The van der Waals surface area contributed by atoms with Gasteiger partial charge in [-0.1, -0.05) is 11.8 Å². The summed E-state index contributed by atoms with van der Waals surface area (Å²) < 4.78 is 16.0. The second-order valence-electron chi connectivity index (χ2n) is 6.06. The van der Waals surface area contributed by atoms with Gasteiger partial charge in [-0.25, -0.2) is 0 Å². The van der Waals surface area contributed by atoms with E-state index >= 15 is 0 Å². The fraction of sp³-hybridized carbons (Fsp3) is 0.438. The summed E-state index contributed by atoms with van der Waals surface area (Å²) in [5, 5.41) is 11.2. The maximum Gasteiger partial charge on any atom is 0.277 e. The average Bonchev–Trinajstić information content (AvgIpc) is 2.99. The van der Waals surface area contributed by atoms with E-state index in [9.17, 15) is 4.79 Å². The summed E-state index contributed by atoms with van der Waals surface area (Å²) in [5.74, 6) is 1.71. The molecule has 0 saturated heterocycles. The minimum atomic E-state index is -0.269. The van der Waals surface area contributed by atoms with Gasteiger partial charge in [0.05, 0.1) is 20.0 Å². The zero-order valence-corrected chi connectivity index (χ0v) is 15.2. The fourth-order valence-corrected chi connectivity index (χ4v) is 2.46. The van der Waals surface area contributed by atoms with Gasteiger partial charge < -0.3 is 19.2 Å². The lowest BCUT2D eigenvalue weighted by atomic mass is 10.1. The molecule has 7 nitrogen and oxygen atoms in total. The molecule has 1 heterocycles. The van der Waals surface area contributed by atoms with E-state index in [1.54, 1.807) is 32.4 Å². The smallest absolute Gasteiger partial charge is 0.277 e. The SMILES string of the molecule is COc1cc(OC)cc(-c2nnc(SCC(=O)NC(C)(C)C)o2)c1. The third-order valence-corrected chi connectivity index (χ3v) is 3.66. The molecule has 0 aliphatic rings. The van der Waals surface area contributed by atoms with Crippen molar-refractivity contribution in [2.24, 2.45) is 0 Å². The molecule has 1 amide bonds. The van der Waals surface area contributed by atoms with Crippen molar-refractivity contribution in [1.29, 1.82) is 0 Å². The van der Waals surface area contributed by atoms with Gasteiger partial charge in [-0.3, -0.25) is 4.79 Å². The first-order valence-electron chi connectivity index (χ1n) is 7.31. The number of benzene rings is 1. The molecule has 1 N–H and O–H groups in total. The number of rotatable bonds is 6. The van der Waals surface area contributed by atoms with Gasteiger partial charge in [0.25, 0.3) is 5.22 Å². The van der Waals surface area contributed by atoms with Crippen molar-refractivity contribution < 1.29 is 18.7 Å². The topological polar surface area (TPSA) is 86.5 Å². The van der Waals surface area contributed by atoms with Crippen molar-refractivity contribution >= 4 is 17.7 Å². The number of carbonyl (C=O) groups is 1. The number of carbonyl (C=O) groups excluding carboxylic acids is 1. The maximum absolute atomic E-state index is 11.8. The Morgan fingerprint density at radius 1 is 1.17 bits per heavy atom. The lowest BCUT2D eigenvalue weighted by molar-refractivity contribution is -0.119. The first kappa shape index (κ1) is 18.1. The van der Waals surface area contributed by atoms with E-state index in [1.807, 2.05) is 20.8 Å². The van der Waals surface area contributed by atoms with Crippen molar-refractivity contribution in [3.63, 3.8) is 0 Å². The van der Waals surface area contributed by atoms with Crippen LogP contribution in [0.4, 0.5) is 0 Å². The molecule has 0 atom stereocenters. The number of nitrogens with one attached hydrogen (secondary N) is 1. The summed E-state index contributed by atoms with van der Waals surface area (Å²) in [6, 6.07) is 5.31. The van der Waals surface area contributed by atoms with Crippen LogP contribution in [0, 0.1) is 0 Å². The molecule has 0 radical (unpaired) electrons. The monoisotopic (exact) mass is 351 g/mol. The molecule has 1 aromatic carbocycles. The Balaban J connectivity index is 2.07. The van der Waals surface area contributed by atoms with E-state index in [2.05, 4.69) is 15.5 Å². The zero-order valence-electron chi connectivity index (χ0n) is 14.4. The van der Waals surface area contributed by atoms with E-state index in [0.717, 1.165) is 0 Å². The van der Waals surface area contributed by atoms with Gasteiger partial charge in [0.15, 0.2) is 0 Å². The first-order chi connectivity index (χ1) is 11.3. The zero-order chi connectivity index (χ0) is 17.7. The molecule has 2 aromatic rings. The van der Waals surface area contributed by atoms with E-state index in [4.69, 9.17) is 13.9 Å². The number of ether oxygens (including phenoxy) is 2. The molecule has 0 bridgehead atoms. The molecule has 0 aliphatic heterocycles. The largest absolute Gasteiger partial charge is 0.497 e. The number of hydrogen-bond donors (Lipinski definition) is 1. The lowest BCUT2D eigenvalue weighted by Crippen LogP contribution is -2.41. The number of amides is 1. The molecule has 2 rings (SSSR count). The Morgan fingerprint density at radius 3 is 2.33 bits per heavy atom. The van der Waals surface area contributed by atoms with Gasteiger partial charge in [-0.05, 0) is 32.9 Å². The van der Waals surface area contributed by atoms with Crippen molar-refractivity contribution in [1.82, 2.24) is 15.5 Å². The van der Waals surface area contributed by atoms with Gasteiger partial charge in [0.2, 0.25) is 11.8 Å². The third-order valence-electron chi connectivity index (χ3n) is 2.85. The van der Waals surface area contributed by atoms with Gasteiger partial charge in [0.1, 0.15) is 11.5 Å². The van der Waals surface area contributed by atoms with Crippen LogP contribution in [0.3, 0.4) is 0 Å². The molecule has 1 aromatic heterocycles. The molecular weight excluding hydrogens is 330 g/mol. The van der Waals surface area contributed by atoms with Gasteiger partial charge in [-0.2, -0.15) is 0 Å². The Morgan fingerprint density at radius 2 is 1.79 bits per heavy atom. The third kappa shape index (κ3) is 5.16. The molecule has 0 fully saturated rings. The predicted molar refractivity (Wildman–Crippen MR) is 91.5 cm³/mol. The predicted octanol–water partition coefficient (Wildman–Crippen LogP) is 2.76. The minimum absolute atomic E-state index is 0.0877. The van der Waals surface area contributed by atoms with Crippen LogP contribution in [0.25, 0.3) is 11.5 Å². The molecule has 8 heteroatoms. The van der Waals surface area contributed by atoms with Crippen LogP contribution in [-0.4, -0.2) is 41.6 Å². The summed E-state index contributed by atoms with van der Waals surface area (Å²) >= 11 is 1.19. The summed E-state index contributed by atoms with van der Waals surface area (Å²) in [5.41, 5.74) is 0.416. The minimum Gasteiger partial charge on any atom is -0.497 e. The van der Waals surface area contributed by atoms with Gasteiger partial charge >= 0.3 is 0 Å². The van der Waals surface area contributed by atoms with Crippen LogP contribution < -0.4 is 14.8 Å². The van der Waals surface area contributed by atoms with Gasteiger partial charge in [0, 0.05) is 17.2 Å². The normalized spacial score (nSPS) is 11.2. The van der Waals surface area contributed by atoms with Crippen LogP contribution in [0.5, 0.6) is 11.5 Å².